The van der Waals surface area contributed by atoms with E-state index in [0.29, 0.717) is 39.0 Å². The van der Waals surface area contributed by atoms with Crippen LogP contribution in [0.1, 0.15) is 17.5 Å². The van der Waals surface area contributed by atoms with Crippen molar-refractivity contribution in [2.45, 2.75) is 19.4 Å². The molecule has 2 saturated heterocycles. The van der Waals surface area contributed by atoms with Crippen LogP contribution in [0.3, 0.4) is 0 Å². The average Bonchev–Trinajstić information content (AvgIpc) is 3.15. The SMILES string of the molecule is O=C1C[C@H](C(=O)N2CCN(Cc3ccccc3)CC2)CN1CCc1ccc(F)cc1. The fourth-order valence-corrected chi connectivity index (χ4v) is 4.29. The molecule has 2 amide bonds. The molecule has 2 aromatic rings. The quantitative estimate of drug-likeness (QED) is 0.737. The van der Waals surface area contributed by atoms with Crippen LogP contribution in [-0.4, -0.2) is 65.8 Å². The van der Waals surface area contributed by atoms with Gasteiger partial charge in [-0.05, 0) is 29.7 Å². The largest absolute Gasteiger partial charge is 0.342 e. The minimum atomic E-state index is -0.259. The van der Waals surface area contributed by atoms with Crippen LogP contribution in [0.4, 0.5) is 4.39 Å². The number of hydrogen-bond acceptors (Lipinski definition) is 3. The van der Waals surface area contributed by atoms with E-state index < -0.39 is 0 Å². The third kappa shape index (κ3) is 5.05. The van der Waals surface area contributed by atoms with E-state index in [0.717, 1.165) is 25.2 Å². The summed E-state index contributed by atoms with van der Waals surface area (Å²) in [5.74, 6) is -0.359. The van der Waals surface area contributed by atoms with Gasteiger partial charge in [0.25, 0.3) is 0 Å². The highest BCUT2D eigenvalue weighted by atomic mass is 19.1. The molecule has 0 aromatic heterocycles. The molecule has 0 unspecified atom stereocenters. The Bertz CT molecular complexity index is 864. The first kappa shape index (κ1) is 20.5. The zero-order valence-electron chi connectivity index (χ0n) is 17.2. The second-order valence-corrected chi connectivity index (χ2v) is 8.20. The molecule has 2 fully saturated rings. The first-order chi connectivity index (χ1) is 14.6. The Kier molecular flexibility index (Phi) is 6.43. The monoisotopic (exact) mass is 409 g/mol. The zero-order chi connectivity index (χ0) is 20.9. The topological polar surface area (TPSA) is 43.9 Å². The fourth-order valence-electron chi connectivity index (χ4n) is 4.29. The Hall–Kier alpha value is -2.73. The maximum Gasteiger partial charge on any atom is 0.228 e. The Morgan fingerprint density at radius 2 is 1.63 bits per heavy atom. The molecule has 0 spiro atoms. The van der Waals surface area contributed by atoms with E-state index in [2.05, 4.69) is 17.0 Å². The molecule has 2 aliphatic rings. The molecule has 30 heavy (non-hydrogen) atoms. The smallest absolute Gasteiger partial charge is 0.228 e. The highest BCUT2D eigenvalue weighted by Gasteiger charge is 2.37. The summed E-state index contributed by atoms with van der Waals surface area (Å²) in [4.78, 5) is 31.4. The number of rotatable bonds is 6. The molecule has 1 atom stereocenters. The van der Waals surface area contributed by atoms with Gasteiger partial charge in [-0.2, -0.15) is 0 Å². The number of halogens is 1. The third-order valence-corrected chi connectivity index (χ3v) is 6.08. The maximum atomic E-state index is 13.0. The van der Waals surface area contributed by atoms with E-state index in [-0.39, 0.29) is 23.5 Å². The number of nitrogens with zero attached hydrogens (tertiary/aromatic N) is 3. The van der Waals surface area contributed by atoms with Crippen molar-refractivity contribution in [1.82, 2.24) is 14.7 Å². The lowest BCUT2D eigenvalue weighted by Gasteiger charge is -2.36. The Morgan fingerprint density at radius 1 is 0.933 bits per heavy atom. The second-order valence-electron chi connectivity index (χ2n) is 8.20. The lowest BCUT2D eigenvalue weighted by atomic mass is 10.1. The molecule has 6 heteroatoms. The van der Waals surface area contributed by atoms with Crippen LogP contribution < -0.4 is 0 Å². The van der Waals surface area contributed by atoms with Crippen molar-refractivity contribution in [2.24, 2.45) is 5.92 Å². The molecule has 2 aromatic carbocycles. The summed E-state index contributed by atoms with van der Waals surface area (Å²) in [5, 5.41) is 0. The van der Waals surface area contributed by atoms with E-state index in [1.807, 2.05) is 23.1 Å². The van der Waals surface area contributed by atoms with E-state index in [9.17, 15) is 14.0 Å². The highest BCUT2D eigenvalue weighted by molar-refractivity contribution is 5.89. The number of hydrogen-bond donors (Lipinski definition) is 0. The van der Waals surface area contributed by atoms with Gasteiger partial charge in [0.2, 0.25) is 11.8 Å². The predicted octanol–water partition coefficient (Wildman–Crippen LogP) is 2.56. The van der Waals surface area contributed by atoms with Crippen LogP contribution in [0.5, 0.6) is 0 Å². The number of carbonyl (C=O) groups excluding carboxylic acids is 2. The van der Waals surface area contributed by atoms with Gasteiger partial charge in [-0.15, -0.1) is 0 Å². The van der Waals surface area contributed by atoms with E-state index >= 15 is 0 Å². The van der Waals surface area contributed by atoms with E-state index in [1.165, 1.54) is 17.7 Å². The van der Waals surface area contributed by atoms with Crippen LogP contribution in [0.25, 0.3) is 0 Å². The van der Waals surface area contributed by atoms with Gasteiger partial charge in [0, 0.05) is 52.2 Å². The molecule has 0 N–H and O–H groups in total. The van der Waals surface area contributed by atoms with Crippen molar-refractivity contribution in [2.75, 3.05) is 39.3 Å². The van der Waals surface area contributed by atoms with Gasteiger partial charge in [0.15, 0.2) is 0 Å². The minimum Gasteiger partial charge on any atom is -0.342 e. The summed E-state index contributed by atoms with van der Waals surface area (Å²) in [6.07, 6.45) is 0.970. The molecule has 0 radical (unpaired) electrons. The molecular weight excluding hydrogens is 381 g/mol. The highest BCUT2D eigenvalue weighted by Crippen LogP contribution is 2.22. The van der Waals surface area contributed by atoms with Gasteiger partial charge < -0.3 is 9.80 Å². The first-order valence-corrected chi connectivity index (χ1v) is 10.7. The van der Waals surface area contributed by atoms with Gasteiger partial charge in [-0.25, -0.2) is 4.39 Å². The number of amides is 2. The molecule has 0 bridgehead atoms. The van der Waals surface area contributed by atoms with Crippen LogP contribution in [0.15, 0.2) is 54.6 Å². The molecule has 4 rings (SSSR count). The summed E-state index contributed by atoms with van der Waals surface area (Å²) in [5.41, 5.74) is 2.28. The van der Waals surface area contributed by atoms with Gasteiger partial charge in [0.1, 0.15) is 5.82 Å². The Labute approximate surface area is 177 Å². The zero-order valence-corrected chi connectivity index (χ0v) is 17.2. The fraction of sp³-hybridized carbons (Fsp3) is 0.417. The van der Waals surface area contributed by atoms with Crippen LogP contribution in [-0.2, 0) is 22.6 Å². The molecule has 0 saturated carbocycles. The summed E-state index contributed by atoms with van der Waals surface area (Å²) in [7, 11) is 0. The third-order valence-electron chi connectivity index (χ3n) is 6.08. The average molecular weight is 410 g/mol. The van der Waals surface area contributed by atoms with E-state index in [1.54, 1.807) is 17.0 Å². The number of piperazine rings is 1. The van der Waals surface area contributed by atoms with Crippen molar-refractivity contribution >= 4 is 11.8 Å². The van der Waals surface area contributed by atoms with Crippen molar-refractivity contribution in [3.05, 3.63) is 71.5 Å². The number of likely N-dealkylation sites (tertiary alicyclic amines) is 1. The van der Waals surface area contributed by atoms with Crippen molar-refractivity contribution in [3.8, 4) is 0 Å². The van der Waals surface area contributed by atoms with Gasteiger partial charge in [-0.3, -0.25) is 14.5 Å². The van der Waals surface area contributed by atoms with Gasteiger partial charge in [0.05, 0.1) is 5.92 Å². The normalized spacial score (nSPS) is 20.0. The Morgan fingerprint density at radius 3 is 2.33 bits per heavy atom. The predicted molar refractivity (Wildman–Crippen MR) is 113 cm³/mol. The number of carbonyl (C=O) groups is 2. The molecular formula is C24H28FN3O2. The summed E-state index contributed by atoms with van der Waals surface area (Å²) in [6, 6.07) is 16.7. The lowest BCUT2D eigenvalue weighted by Crippen LogP contribution is -2.50. The van der Waals surface area contributed by atoms with Crippen molar-refractivity contribution in [1.29, 1.82) is 0 Å². The molecule has 2 heterocycles. The molecule has 5 nitrogen and oxygen atoms in total. The first-order valence-electron chi connectivity index (χ1n) is 10.7. The molecule has 158 valence electrons. The summed E-state index contributed by atoms with van der Waals surface area (Å²) >= 11 is 0. The second kappa shape index (κ2) is 9.39. The van der Waals surface area contributed by atoms with Crippen molar-refractivity contribution in [3.63, 3.8) is 0 Å². The summed E-state index contributed by atoms with van der Waals surface area (Å²) < 4.78 is 13.0. The van der Waals surface area contributed by atoms with Gasteiger partial charge in [-0.1, -0.05) is 42.5 Å². The maximum absolute atomic E-state index is 13.0. The summed E-state index contributed by atoms with van der Waals surface area (Å²) in [6.45, 7) is 5.10. The minimum absolute atomic E-state index is 0.0400. The Balaban J connectivity index is 1.24. The lowest BCUT2D eigenvalue weighted by molar-refractivity contribution is -0.137. The van der Waals surface area contributed by atoms with Crippen LogP contribution >= 0.6 is 0 Å². The van der Waals surface area contributed by atoms with Crippen LogP contribution in [0, 0.1) is 11.7 Å². The standard InChI is InChI=1S/C24H28FN3O2/c25-22-8-6-19(7-9-22)10-11-28-18-21(16-23(28)29)24(30)27-14-12-26(13-15-27)17-20-4-2-1-3-5-20/h1-9,21H,10-18H2/t21-/m0/s1. The van der Waals surface area contributed by atoms with Crippen molar-refractivity contribution < 1.29 is 14.0 Å². The van der Waals surface area contributed by atoms with Crippen LogP contribution in [0.2, 0.25) is 0 Å². The number of benzene rings is 2. The van der Waals surface area contributed by atoms with E-state index in [4.69, 9.17) is 0 Å². The molecule has 0 aliphatic carbocycles. The van der Waals surface area contributed by atoms with Gasteiger partial charge >= 0.3 is 0 Å². The molecule has 2 aliphatic heterocycles.